The van der Waals surface area contributed by atoms with E-state index in [0.717, 1.165) is 30.9 Å². The number of pyridine rings is 1. The maximum atomic E-state index is 12.2. The van der Waals surface area contributed by atoms with E-state index < -0.39 is 0 Å². The normalized spacial score (nSPS) is 18.5. The number of carbonyl (C=O) groups is 1. The second-order valence-electron chi connectivity index (χ2n) is 5.29. The average molecular weight is 282 g/mol. The Hall–Kier alpha value is -2.43. The summed E-state index contributed by atoms with van der Waals surface area (Å²) in [6, 6.07) is 3.79. The molecular weight excluding hydrogens is 264 g/mol. The zero-order valence-electron chi connectivity index (χ0n) is 12.0. The van der Waals surface area contributed by atoms with Gasteiger partial charge in [-0.3, -0.25) is 9.78 Å². The predicted molar refractivity (Wildman–Crippen MR) is 80.4 cm³/mol. The molecule has 1 aliphatic rings. The van der Waals surface area contributed by atoms with Gasteiger partial charge in [0.15, 0.2) is 0 Å². The van der Waals surface area contributed by atoms with Crippen LogP contribution < -0.4 is 0 Å². The molecule has 0 saturated carbocycles. The van der Waals surface area contributed by atoms with E-state index in [9.17, 15) is 4.79 Å². The van der Waals surface area contributed by atoms with E-state index in [2.05, 4.69) is 9.97 Å². The van der Waals surface area contributed by atoms with Crippen LogP contribution in [0.3, 0.4) is 0 Å². The van der Waals surface area contributed by atoms with E-state index in [-0.39, 0.29) is 5.91 Å². The van der Waals surface area contributed by atoms with Gasteiger partial charge in [-0.25, -0.2) is 4.98 Å². The highest BCUT2D eigenvalue weighted by Gasteiger charge is 2.28. The van der Waals surface area contributed by atoms with E-state index in [1.165, 1.54) is 0 Å². The standard InChI is InChI=1S/C16H18N4O/c1-19-10-8-18-16(19)14-6-9-20(12-14)15(21)5-4-13-3-2-7-17-11-13/h2-5,7-8,10-11,14H,6,9,12H2,1H3/b5-4+. The van der Waals surface area contributed by atoms with Crippen LogP contribution in [0.5, 0.6) is 0 Å². The third kappa shape index (κ3) is 3.02. The van der Waals surface area contributed by atoms with Gasteiger partial charge in [0.25, 0.3) is 0 Å². The van der Waals surface area contributed by atoms with Crippen molar-refractivity contribution >= 4 is 12.0 Å². The minimum Gasteiger partial charge on any atom is -0.338 e. The molecule has 1 fully saturated rings. The molecule has 2 aromatic heterocycles. The molecule has 3 rings (SSSR count). The van der Waals surface area contributed by atoms with Crippen molar-refractivity contribution in [2.45, 2.75) is 12.3 Å². The Bertz CT molecular complexity index is 647. The highest BCUT2D eigenvalue weighted by molar-refractivity contribution is 5.91. The molecule has 0 N–H and O–H groups in total. The SMILES string of the molecule is Cn1ccnc1C1CCN(C(=O)/C=C/c2cccnc2)C1. The molecule has 1 amide bonds. The van der Waals surface area contributed by atoms with E-state index in [1.807, 2.05) is 47.1 Å². The van der Waals surface area contributed by atoms with E-state index >= 15 is 0 Å². The van der Waals surface area contributed by atoms with Gasteiger partial charge in [-0.15, -0.1) is 0 Å². The Balaban J connectivity index is 1.62. The van der Waals surface area contributed by atoms with Gasteiger partial charge in [0.2, 0.25) is 5.91 Å². The second-order valence-corrected chi connectivity index (χ2v) is 5.29. The summed E-state index contributed by atoms with van der Waals surface area (Å²) in [4.78, 5) is 22.5. The first-order valence-corrected chi connectivity index (χ1v) is 7.08. The molecule has 0 aliphatic carbocycles. The van der Waals surface area contributed by atoms with Crippen molar-refractivity contribution in [3.8, 4) is 0 Å². The Morgan fingerprint density at radius 3 is 3.05 bits per heavy atom. The van der Waals surface area contributed by atoms with Crippen LogP contribution in [0.15, 0.2) is 43.0 Å². The number of aromatic nitrogens is 3. The van der Waals surface area contributed by atoms with Crippen molar-refractivity contribution < 1.29 is 4.79 Å². The first-order valence-electron chi connectivity index (χ1n) is 7.08. The third-order valence-electron chi connectivity index (χ3n) is 3.83. The van der Waals surface area contributed by atoms with Gasteiger partial charge >= 0.3 is 0 Å². The zero-order valence-corrected chi connectivity index (χ0v) is 12.0. The molecule has 5 heteroatoms. The first-order chi connectivity index (χ1) is 10.2. The summed E-state index contributed by atoms with van der Waals surface area (Å²) in [5.74, 6) is 1.44. The van der Waals surface area contributed by atoms with Crippen LogP contribution in [0.25, 0.3) is 6.08 Å². The lowest BCUT2D eigenvalue weighted by Gasteiger charge is -2.14. The quantitative estimate of drug-likeness (QED) is 0.807. The molecule has 1 atom stereocenters. The summed E-state index contributed by atoms with van der Waals surface area (Å²) in [6.45, 7) is 1.52. The van der Waals surface area contributed by atoms with E-state index in [1.54, 1.807) is 18.5 Å². The van der Waals surface area contributed by atoms with Gasteiger partial charge in [0, 0.05) is 56.9 Å². The van der Waals surface area contributed by atoms with Gasteiger partial charge in [-0.1, -0.05) is 6.07 Å². The molecule has 0 aromatic carbocycles. The van der Waals surface area contributed by atoms with Crippen molar-refractivity contribution in [1.29, 1.82) is 0 Å². The van der Waals surface area contributed by atoms with Crippen molar-refractivity contribution in [2.24, 2.45) is 7.05 Å². The number of hydrogen-bond acceptors (Lipinski definition) is 3. The Morgan fingerprint density at radius 1 is 1.43 bits per heavy atom. The minimum atomic E-state index is 0.0514. The Labute approximate surface area is 123 Å². The lowest BCUT2D eigenvalue weighted by Crippen LogP contribution is -2.26. The molecule has 0 bridgehead atoms. The number of nitrogens with zero attached hydrogens (tertiary/aromatic N) is 4. The number of aryl methyl sites for hydroxylation is 1. The third-order valence-corrected chi connectivity index (χ3v) is 3.83. The van der Waals surface area contributed by atoms with Gasteiger partial charge in [-0.2, -0.15) is 0 Å². The molecule has 5 nitrogen and oxygen atoms in total. The summed E-state index contributed by atoms with van der Waals surface area (Å²) in [5, 5.41) is 0. The molecular formula is C16H18N4O. The number of hydrogen-bond donors (Lipinski definition) is 0. The van der Waals surface area contributed by atoms with Crippen molar-refractivity contribution in [1.82, 2.24) is 19.4 Å². The van der Waals surface area contributed by atoms with Crippen LogP contribution in [0.4, 0.5) is 0 Å². The fourth-order valence-electron chi connectivity index (χ4n) is 2.69. The maximum Gasteiger partial charge on any atom is 0.246 e. The summed E-state index contributed by atoms with van der Waals surface area (Å²) >= 11 is 0. The maximum absolute atomic E-state index is 12.2. The number of imidazole rings is 1. The lowest BCUT2D eigenvalue weighted by atomic mass is 10.1. The van der Waals surface area contributed by atoms with Gasteiger partial charge in [0.05, 0.1) is 0 Å². The highest BCUT2D eigenvalue weighted by Crippen LogP contribution is 2.25. The number of likely N-dealkylation sites (tertiary alicyclic amines) is 1. The lowest BCUT2D eigenvalue weighted by molar-refractivity contribution is -0.124. The monoisotopic (exact) mass is 282 g/mol. The highest BCUT2D eigenvalue weighted by atomic mass is 16.2. The van der Waals surface area contributed by atoms with Gasteiger partial charge in [-0.05, 0) is 24.1 Å². The smallest absolute Gasteiger partial charge is 0.246 e. The van der Waals surface area contributed by atoms with E-state index in [4.69, 9.17) is 0 Å². The molecule has 2 aromatic rings. The van der Waals surface area contributed by atoms with Crippen LogP contribution in [0.1, 0.15) is 23.7 Å². The molecule has 0 radical (unpaired) electrons. The fourth-order valence-corrected chi connectivity index (χ4v) is 2.69. The van der Waals surface area contributed by atoms with Crippen molar-refractivity contribution in [2.75, 3.05) is 13.1 Å². The molecule has 1 aliphatic heterocycles. The number of carbonyl (C=O) groups excluding carboxylic acids is 1. The van der Waals surface area contributed by atoms with Gasteiger partial charge < -0.3 is 9.47 Å². The summed E-state index contributed by atoms with van der Waals surface area (Å²) in [6.07, 6.45) is 11.6. The predicted octanol–water partition coefficient (Wildman–Crippen LogP) is 1.84. The average Bonchev–Trinajstić information content (AvgIpc) is 3.14. The fraction of sp³-hybridized carbons (Fsp3) is 0.312. The van der Waals surface area contributed by atoms with Crippen molar-refractivity contribution in [3.05, 3.63) is 54.4 Å². The molecule has 1 saturated heterocycles. The molecule has 108 valence electrons. The van der Waals surface area contributed by atoms with Gasteiger partial charge in [0.1, 0.15) is 5.82 Å². The zero-order chi connectivity index (χ0) is 14.7. The Morgan fingerprint density at radius 2 is 2.33 bits per heavy atom. The molecule has 3 heterocycles. The summed E-state index contributed by atoms with van der Waals surface area (Å²) in [5.41, 5.74) is 0.936. The topological polar surface area (TPSA) is 51.0 Å². The summed E-state index contributed by atoms with van der Waals surface area (Å²) in [7, 11) is 2.00. The minimum absolute atomic E-state index is 0.0514. The molecule has 21 heavy (non-hydrogen) atoms. The molecule has 1 unspecified atom stereocenters. The summed E-state index contributed by atoms with van der Waals surface area (Å²) < 4.78 is 2.03. The van der Waals surface area contributed by atoms with Crippen LogP contribution in [0, 0.1) is 0 Å². The molecule has 0 spiro atoms. The Kier molecular flexibility index (Phi) is 3.81. The number of rotatable bonds is 3. The van der Waals surface area contributed by atoms with E-state index in [0.29, 0.717) is 5.92 Å². The van der Waals surface area contributed by atoms with Crippen LogP contribution >= 0.6 is 0 Å². The first kappa shape index (κ1) is 13.5. The largest absolute Gasteiger partial charge is 0.338 e. The van der Waals surface area contributed by atoms with Crippen LogP contribution in [-0.4, -0.2) is 38.4 Å². The van der Waals surface area contributed by atoms with Crippen LogP contribution in [0.2, 0.25) is 0 Å². The number of amides is 1. The second kappa shape index (κ2) is 5.91. The van der Waals surface area contributed by atoms with Crippen molar-refractivity contribution in [3.63, 3.8) is 0 Å². The van der Waals surface area contributed by atoms with Crippen LogP contribution in [-0.2, 0) is 11.8 Å².